The molecule has 0 aliphatic heterocycles. The molecule has 0 saturated heterocycles. The van der Waals surface area contributed by atoms with Gasteiger partial charge in [0.15, 0.2) is 0 Å². The van der Waals surface area contributed by atoms with Gasteiger partial charge in [-0.25, -0.2) is 13.1 Å². The van der Waals surface area contributed by atoms with Crippen LogP contribution in [0.2, 0.25) is 0 Å². The van der Waals surface area contributed by atoms with E-state index in [1.807, 2.05) is 24.3 Å². The number of carbonyl (C=O) groups is 1. The van der Waals surface area contributed by atoms with Gasteiger partial charge in [-0.1, -0.05) is 12.1 Å². The van der Waals surface area contributed by atoms with E-state index < -0.39 is 10.0 Å². The second-order valence-electron chi connectivity index (χ2n) is 8.51. The van der Waals surface area contributed by atoms with Crippen LogP contribution in [0.25, 0.3) is 0 Å². The molecule has 5 rings (SSSR count). The lowest BCUT2D eigenvalue weighted by Gasteiger charge is -2.57. The van der Waals surface area contributed by atoms with E-state index in [2.05, 4.69) is 15.4 Å². The molecular weight excluding hydrogens is 350 g/mol. The maximum Gasteiger partial charge on any atom is 0.239 e. The van der Waals surface area contributed by atoms with Gasteiger partial charge in [0.05, 0.1) is 24.2 Å². The summed E-state index contributed by atoms with van der Waals surface area (Å²) >= 11 is 0. The summed E-state index contributed by atoms with van der Waals surface area (Å²) in [5.74, 6) is 2.16. The molecule has 7 heteroatoms. The zero-order valence-corrected chi connectivity index (χ0v) is 15.9. The number of hydrogen-bond donors (Lipinski definition) is 3. The molecule has 4 aliphatic rings. The molecule has 0 spiro atoms. The van der Waals surface area contributed by atoms with Crippen molar-refractivity contribution in [1.82, 2.24) is 4.72 Å². The molecule has 6 nitrogen and oxygen atoms in total. The first-order valence-electron chi connectivity index (χ1n) is 9.42. The monoisotopic (exact) mass is 377 g/mol. The Kier molecular flexibility index (Phi) is 4.47. The highest BCUT2D eigenvalue weighted by Gasteiger charge is 2.51. The lowest BCUT2D eigenvalue weighted by Crippen LogP contribution is -2.54. The van der Waals surface area contributed by atoms with Crippen molar-refractivity contribution in [3.8, 4) is 0 Å². The number of anilines is 2. The minimum absolute atomic E-state index is 0.153. The topological polar surface area (TPSA) is 87.3 Å². The van der Waals surface area contributed by atoms with E-state index >= 15 is 0 Å². The minimum Gasteiger partial charge on any atom is -0.378 e. The van der Waals surface area contributed by atoms with Gasteiger partial charge in [-0.05, 0) is 68.4 Å². The molecule has 0 heterocycles. The van der Waals surface area contributed by atoms with E-state index in [0.717, 1.165) is 29.7 Å². The predicted molar refractivity (Wildman–Crippen MR) is 102 cm³/mol. The predicted octanol–water partition coefficient (Wildman–Crippen LogP) is 2.55. The average molecular weight is 378 g/mol. The Labute approximate surface area is 155 Å². The number of carbonyl (C=O) groups excluding carboxylic acids is 1. The average Bonchev–Trinajstić information content (AvgIpc) is 2.53. The van der Waals surface area contributed by atoms with Crippen molar-refractivity contribution < 1.29 is 13.2 Å². The number of benzene rings is 1. The number of para-hydroxylation sites is 2. The summed E-state index contributed by atoms with van der Waals surface area (Å²) in [6, 6.07) is 7.71. The molecule has 4 fully saturated rings. The number of nitrogens with one attached hydrogen (secondary N) is 3. The quantitative estimate of drug-likeness (QED) is 0.711. The molecule has 4 saturated carbocycles. The highest BCUT2D eigenvalue weighted by molar-refractivity contribution is 7.88. The Balaban J connectivity index is 1.47. The van der Waals surface area contributed by atoms with Gasteiger partial charge in [0.2, 0.25) is 15.9 Å². The van der Waals surface area contributed by atoms with Gasteiger partial charge in [0.25, 0.3) is 0 Å². The lowest BCUT2D eigenvalue weighted by atomic mass is 9.53. The van der Waals surface area contributed by atoms with Crippen LogP contribution < -0.4 is 15.4 Å². The van der Waals surface area contributed by atoms with E-state index in [9.17, 15) is 13.2 Å². The van der Waals surface area contributed by atoms with Gasteiger partial charge in [0.1, 0.15) is 0 Å². The molecule has 0 aromatic heterocycles. The van der Waals surface area contributed by atoms with Crippen LogP contribution in [-0.2, 0) is 14.8 Å². The Morgan fingerprint density at radius 3 is 2.12 bits per heavy atom. The number of rotatable bonds is 6. The zero-order chi connectivity index (χ0) is 18.4. The van der Waals surface area contributed by atoms with Gasteiger partial charge in [-0.3, -0.25) is 4.79 Å². The van der Waals surface area contributed by atoms with Crippen LogP contribution >= 0.6 is 0 Å². The van der Waals surface area contributed by atoms with Crippen molar-refractivity contribution in [3.05, 3.63) is 24.3 Å². The molecular formula is C19H27N3O3S. The van der Waals surface area contributed by atoms with Crippen LogP contribution in [0.15, 0.2) is 24.3 Å². The van der Waals surface area contributed by atoms with Crippen molar-refractivity contribution in [2.24, 2.45) is 17.8 Å². The summed E-state index contributed by atoms with van der Waals surface area (Å²) in [5, 5.41) is 6.62. The van der Waals surface area contributed by atoms with E-state index in [1.54, 1.807) is 0 Å². The molecule has 1 amide bonds. The molecule has 0 radical (unpaired) electrons. The van der Waals surface area contributed by atoms with Crippen LogP contribution in [0.3, 0.4) is 0 Å². The van der Waals surface area contributed by atoms with Crippen molar-refractivity contribution in [1.29, 1.82) is 0 Å². The summed E-state index contributed by atoms with van der Waals surface area (Å²) in [4.78, 5) is 12.1. The second-order valence-corrected chi connectivity index (χ2v) is 10.3. The van der Waals surface area contributed by atoms with Crippen LogP contribution in [-0.4, -0.2) is 32.7 Å². The molecule has 4 bridgehead atoms. The third kappa shape index (κ3) is 3.88. The molecule has 0 atom stereocenters. The fourth-order valence-corrected chi connectivity index (χ4v) is 6.03. The number of sulfonamides is 1. The van der Waals surface area contributed by atoms with E-state index in [-0.39, 0.29) is 18.0 Å². The first-order valence-corrected chi connectivity index (χ1v) is 11.3. The van der Waals surface area contributed by atoms with E-state index in [4.69, 9.17) is 0 Å². The van der Waals surface area contributed by atoms with E-state index in [0.29, 0.717) is 5.69 Å². The first-order chi connectivity index (χ1) is 12.3. The fourth-order valence-electron chi connectivity index (χ4n) is 5.64. The maximum atomic E-state index is 12.1. The summed E-state index contributed by atoms with van der Waals surface area (Å²) in [7, 11) is -3.38. The van der Waals surface area contributed by atoms with Crippen molar-refractivity contribution in [3.63, 3.8) is 0 Å². The highest BCUT2D eigenvalue weighted by Crippen LogP contribution is 2.56. The van der Waals surface area contributed by atoms with Crippen LogP contribution in [0.5, 0.6) is 0 Å². The first kappa shape index (κ1) is 17.8. The summed E-state index contributed by atoms with van der Waals surface area (Å²) in [5.41, 5.74) is 1.80. The molecule has 1 aromatic carbocycles. The molecule has 4 aliphatic carbocycles. The molecule has 142 valence electrons. The van der Waals surface area contributed by atoms with Crippen molar-refractivity contribution in [2.45, 2.75) is 44.1 Å². The van der Waals surface area contributed by atoms with Crippen molar-refractivity contribution in [2.75, 3.05) is 23.4 Å². The Morgan fingerprint density at radius 1 is 1.04 bits per heavy atom. The summed E-state index contributed by atoms with van der Waals surface area (Å²) < 4.78 is 24.6. The third-order valence-electron chi connectivity index (χ3n) is 6.13. The molecule has 0 unspecified atom stereocenters. The number of amides is 1. The summed E-state index contributed by atoms with van der Waals surface area (Å²) in [6.45, 7) is -0.259. The van der Waals surface area contributed by atoms with Gasteiger partial charge in [-0.2, -0.15) is 0 Å². The summed E-state index contributed by atoms with van der Waals surface area (Å²) in [6.07, 6.45) is 8.86. The Hall–Kier alpha value is -1.60. The smallest absolute Gasteiger partial charge is 0.239 e. The maximum absolute atomic E-state index is 12.1. The van der Waals surface area contributed by atoms with Crippen LogP contribution in [0.4, 0.5) is 11.4 Å². The molecule has 3 N–H and O–H groups in total. The zero-order valence-electron chi connectivity index (χ0n) is 15.1. The minimum atomic E-state index is -3.38. The SMILES string of the molecule is CS(=O)(=O)NCC(=O)Nc1ccccc1NC12CC3CC(CC(C3)C1)C2. The normalized spacial score (nSPS) is 32.4. The fraction of sp³-hybridized carbons (Fsp3) is 0.632. The Bertz CT molecular complexity index is 771. The van der Waals surface area contributed by atoms with Gasteiger partial charge in [-0.15, -0.1) is 0 Å². The van der Waals surface area contributed by atoms with E-state index in [1.165, 1.54) is 38.5 Å². The van der Waals surface area contributed by atoms with Crippen LogP contribution in [0.1, 0.15) is 38.5 Å². The van der Waals surface area contributed by atoms with Gasteiger partial charge < -0.3 is 10.6 Å². The van der Waals surface area contributed by atoms with Gasteiger partial charge in [0, 0.05) is 5.54 Å². The largest absolute Gasteiger partial charge is 0.378 e. The standard InChI is InChI=1S/C19H27N3O3S/c1-26(24,25)20-12-18(23)21-16-4-2-3-5-17(16)22-19-9-13-6-14(10-19)8-15(7-13)11-19/h2-5,13-15,20,22H,6-12H2,1H3,(H,21,23). The van der Waals surface area contributed by atoms with Gasteiger partial charge >= 0.3 is 0 Å². The lowest BCUT2D eigenvalue weighted by molar-refractivity contribution is -0.115. The van der Waals surface area contributed by atoms with Crippen molar-refractivity contribution >= 4 is 27.3 Å². The highest BCUT2D eigenvalue weighted by atomic mass is 32.2. The second kappa shape index (κ2) is 6.53. The number of hydrogen-bond acceptors (Lipinski definition) is 4. The molecule has 26 heavy (non-hydrogen) atoms. The molecule has 1 aromatic rings. The van der Waals surface area contributed by atoms with Crippen LogP contribution in [0, 0.1) is 17.8 Å². The Morgan fingerprint density at radius 2 is 1.58 bits per heavy atom. The third-order valence-corrected chi connectivity index (χ3v) is 6.80.